The molecule has 0 unspecified atom stereocenters. The second kappa shape index (κ2) is 8.19. The molecule has 11 heteroatoms. The number of thioether (sulfide) groups is 1. The first-order chi connectivity index (χ1) is 15.6. The van der Waals surface area contributed by atoms with E-state index in [9.17, 15) is 8.78 Å². The highest BCUT2D eigenvalue weighted by molar-refractivity contribution is 8.15. The molecule has 7 nitrogen and oxygen atoms in total. The molecule has 0 spiro atoms. The molecule has 0 saturated heterocycles. The number of rotatable bonds is 4. The normalized spacial score (nSPS) is 24.9. The molecule has 3 heterocycles. The first kappa shape index (κ1) is 22.8. The number of aromatic nitrogens is 3. The van der Waals surface area contributed by atoms with Gasteiger partial charge in [-0.15, -0.1) is 0 Å². The van der Waals surface area contributed by atoms with Gasteiger partial charge < -0.3 is 11.1 Å². The number of nitrogens with zero attached hydrogens (tertiary/aromatic N) is 5. The van der Waals surface area contributed by atoms with Gasteiger partial charge >= 0.3 is 0 Å². The summed E-state index contributed by atoms with van der Waals surface area (Å²) in [5.41, 5.74) is 5.87. The van der Waals surface area contributed by atoms with Gasteiger partial charge in [-0.2, -0.15) is 5.26 Å². The van der Waals surface area contributed by atoms with Gasteiger partial charge in [-0.3, -0.25) is 4.99 Å². The molecule has 3 atom stereocenters. The number of nitrogens with two attached hydrogens (primary N) is 1. The van der Waals surface area contributed by atoms with Gasteiger partial charge in [0.1, 0.15) is 24.6 Å². The molecule has 4 rings (SSSR count). The first-order valence-corrected chi connectivity index (χ1v) is 10.8. The van der Waals surface area contributed by atoms with Crippen LogP contribution in [0.25, 0.3) is 11.0 Å². The van der Waals surface area contributed by atoms with Crippen LogP contribution in [0.15, 0.2) is 35.7 Å². The molecule has 0 aliphatic carbocycles. The number of aliphatic imine (C=N–C) groups is 1. The van der Waals surface area contributed by atoms with Crippen molar-refractivity contribution in [2.24, 2.45) is 16.6 Å². The van der Waals surface area contributed by atoms with Crippen molar-refractivity contribution in [2.45, 2.75) is 31.1 Å². The molecule has 1 aliphatic heterocycles. The smallest absolute Gasteiger partial charge is 0.164 e. The highest BCUT2D eigenvalue weighted by Crippen LogP contribution is 2.51. The zero-order valence-corrected chi connectivity index (χ0v) is 18.8. The summed E-state index contributed by atoms with van der Waals surface area (Å²) in [6.45, 7) is 4.34. The van der Waals surface area contributed by atoms with E-state index in [1.54, 1.807) is 26.8 Å². The van der Waals surface area contributed by atoms with Gasteiger partial charge in [0.25, 0.3) is 0 Å². The fourth-order valence-electron chi connectivity index (χ4n) is 3.97. The summed E-state index contributed by atoms with van der Waals surface area (Å²) >= 11 is 1.09. The van der Waals surface area contributed by atoms with Crippen molar-refractivity contribution < 1.29 is 13.2 Å². The molecule has 1 aromatic carbocycles. The summed E-state index contributed by atoms with van der Waals surface area (Å²) in [5, 5.41) is 12.1. The summed E-state index contributed by atoms with van der Waals surface area (Å²) in [5.74, 6) is -2.45. The Kier molecular flexibility index (Phi) is 5.66. The summed E-state index contributed by atoms with van der Waals surface area (Å²) < 4.78 is 42.8. The van der Waals surface area contributed by atoms with Gasteiger partial charge in [0.2, 0.25) is 0 Å². The molecule has 33 heavy (non-hydrogen) atoms. The lowest BCUT2D eigenvalue weighted by Crippen LogP contribution is -2.49. The second-order valence-corrected chi connectivity index (χ2v) is 9.79. The summed E-state index contributed by atoms with van der Waals surface area (Å²) in [4.78, 5) is 16.9. The molecule has 0 fully saturated rings. The van der Waals surface area contributed by atoms with Gasteiger partial charge in [-0.05, 0) is 26.0 Å². The molecule has 2 aromatic heterocycles. The van der Waals surface area contributed by atoms with Crippen LogP contribution in [0, 0.1) is 28.9 Å². The van der Waals surface area contributed by atoms with Crippen LogP contribution >= 0.6 is 11.8 Å². The number of alkyl halides is 1. The predicted octanol–water partition coefficient (Wildman–Crippen LogP) is 4.56. The molecule has 170 valence electrons. The Bertz CT molecular complexity index is 1330. The van der Waals surface area contributed by atoms with E-state index in [-0.39, 0.29) is 22.2 Å². The molecular formula is C22H20F3N7S. The average molecular weight is 472 g/mol. The fraction of sp³-hybridized carbons (Fsp3) is 0.318. The third-order valence-corrected chi connectivity index (χ3v) is 7.37. The third-order valence-electron chi connectivity index (χ3n) is 6.15. The minimum atomic E-state index is -1.31. The van der Waals surface area contributed by atoms with Crippen molar-refractivity contribution in [3.05, 3.63) is 53.5 Å². The number of halogens is 3. The second-order valence-electron chi connectivity index (χ2n) is 8.24. The van der Waals surface area contributed by atoms with Gasteiger partial charge in [0.15, 0.2) is 22.6 Å². The predicted molar refractivity (Wildman–Crippen MR) is 122 cm³/mol. The number of hydrogen-bond acceptors (Lipinski definition) is 8. The van der Waals surface area contributed by atoms with Gasteiger partial charge in [0.05, 0.1) is 21.4 Å². The highest BCUT2D eigenvalue weighted by Gasteiger charge is 2.50. The largest absolute Gasteiger partial charge is 0.378 e. The van der Waals surface area contributed by atoms with Crippen LogP contribution in [0.2, 0.25) is 0 Å². The maximum atomic E-state index is 15.1. The Morgan fingerprint density at radius 2 is 1.97 bits per heavy atom. The average Bonchev–Trinajstić information content (AvgIpc) is 2.79. The van der Waals surface area contributed by atoms with Crippen LogP contribution < -0.4 is 11.1 Å². The van der Waals surface area contributed by atoms with Crippen molar-refractivity contribution >= 4 is 39.5 Å². The Labute approximate surface area is 192 Å². The molecule has 0 saturated carbocycles. The van der Waals surface area contributed by atoms with Crippen LogP contribution in [0.4, 0.5) is 24.7 Å². The van der Waals surface area contributed by atoms with E-state index in [2.05, 4.69) is 25.3 Å². The monoisotopic (exact) mass is 471 g/mol. The Balaban J connectivity index is 1.82. The lowest BCUT2D eigenvalue weighted by Gasteiger charge is -2.46. The van der Waals surface area contributed by atoms with Gasteiger partial charge in [0, 0.05) is 29.4 Å². The zero-order chi connectivity index (χ0) is 24.0. The maximum Gasteiger partial charge on any atom is 0.164 e. The quantitative estimate of drug-likeness (QED) is 0.574. The number of nitriles is 1. The molecule has 0 bridgehead atoms. The number of amidine groups is 1. The Hall–Kier alpha value is -3.39. The van der Waals surface area contributed by atoms with E-state index in [0.29, 0.717) is 16.6 Å². The molecule has 0 amide bonds. The van der Waals surface area contributed by atoms with Crippen LogP contribution in [-0.4, -0.2) is 31.5 Å². The van der Waals surface area contributed by atoms with E-state index in [0.717, 1.165) is 17.8 Å². The highest BCUT2D eigenvalue weighted by atomic mass is 32.2. The van der Waals surface area contributed by atoms with Crippen molar-refractivity contribution in [3.63, 3.8) is 0 Å². The number of benzene rings is 1. The van der Waals surface area contributed by atoms with Crippen molar-refractivity contribution in [2.75, 3.05) is 12.0 Å². The third kappa shape index (κ3) is 3.84. The topological polar surface area (TPSA) is 113 Å². The Morgan fingerprint density at radius 3 is 2.67 bits per heavy atom. The van der Waals surface area contributed by atoms with Gasteiger partial charge in [-0.1, -0.05) is 18.7 Å². The Morgan fingerprint density at radius 1 is 1.21 bits per heavy atom. The summed E-state index contributed by atoms with van der Waals surface area (Å²) in [6.07, 6.45) is 2.64. The van der Waals surface area contributed by atoms with E-state index < -0.39 is 34.5 Å². The molecule has 3 N–H and O–H groups in total. The van der Waals surface area contributed by atoms with E-state index >= 15 is 4.39 Å². The summed E-state index contributed by atoms with van der Waals surface area (Å²) in [6, 6.07) is 5.93. The number of pyridine rings is 1. The standard InChI is InChI=1S/C22H20F3N7S/c1-11-21(2,9-23)33-20(27)32-22(11,3)14-5-13(6-15(24)17(14)25)31-19-18-16(29-10-30-19)4-12(7-26)8-28-18/h4-6,8,10-11H,9H2,1-3H3,(H2,27,32)(H,29,30,31)/t11-,21-,22+/m1/s1. The summed E-state index contributed by atoms with van der Waals surface area (Å²) in [7, 11) is 0. The number of nitrogens with one attached hydrogen (secondary N) is 1. The minimum Gasteiger partial charge on any atom is -0.378 e. The van der Waals surface area contributed by atoms with Crippen molar-refractivity contribution in [1.82, 2.24) is 15.0 Å². The first-order valence-electron chi connectivity index (χ1n) is 9.99. The SMILES string of the molecule is C[C@@H]1[C@@](C)(CF)SC(N)=N[C@]1(C)c1cc(Nc2ncnc3cc(C#N)cnc23)cc(F)c1F. The van der Waals surface area contributed by atoms with E-state index in [4.69, 9.17) is 11.0 Å². The van der Waals surface area contributed by atoms with Crippen LogP contribution in [0.3, 0.4) is 0 Å². The molecular weight excluding hydrogens is 451 g/mol. The zero-order valence-electron chi connectivity index (χ0n) is 18.0. The number of hydrogen-bond donors (Lipinski definition) is 2. The van der Waals surface area contributed by atoms with E-state index in [1.165, 1.54) is 18.6 Å². The lowest BCUT2D eigenvalue weighted by molar-refractivity contribution is 0.220. The van der Waals surface area contributed by atoms with Gasteiger partial charge in [-0.25, -0.2) is 28.1 Å². The van der Waals surface area contributed by atoms with Crippen LogP contribution in [-0.2, 0) is 5.54 Å². The molecule has 1 aliphatic rings. The number of anilines is 2. The van der Waals surface area contributed by atoms with Crippen molar-refractivity contribution in [3.8, 4) is 6.07 Å². The maximum absolute atomic E-state index is 15.1. The molecule has 3 aromatic rings. The van der Waals surface area contributed by atoms with Crippen LogP contribution in [0.1, 0.15) is 31.9 Å². The minimum absolute atomic E-state index is 0.0569. The van der Waals surface area contributed by atoms with Crippen molar-refractivity contribution in [1.29, 1.82) is 5.26 Å². The molecule has 0 radical (unpaired) electrons. The van der Waals surface area contributed by atoms with Crippen LogP contribution in [0.5, 0.6) is 0 Å². The van der Waals surface area contributed by atoms with E-state index in [1.807, 2.05) is 6.07 Å². The number of fused-ring (bicyclic) bond motifs is 1. The lowest BCUT2D eigenvalue weighted by atomic mass is 9.74. The fourth-order valence-corrected chi connectivity index (χ4v) is 5.14.